The number of halogens is 2. The number of nitrogens with one attached hydrogen (secondary N) is 2. The van der Waals surface area contributed by atoms with Crippen molar-refractivity contribution in [3.8, 4) is 0 Å². The van der Waals surface area contributed by atoms with Gasteiger partial charge in [0.25, 0.3) is 0 Å². The lowest BCUT2D eigenvalue weighted by Crippen LogP contribution is -2.19. The van der Waals surface area contributed by atoms with Crippen LogP contribution >= 0.6 is 0 Å². The summed E-state index contributed by atoms with van der Waals surface area (Å²) in [5, 5.41) is 5.11. The minimum Gasteiger partial charge on any atom is -0.330 e. The van der Waals surface area contributed by atoms with Crippen molar-refractivity contribution in [1.82, 2.24) is 0 Å². The van der Waals surface area contributed by atoms with Crippen LogP contribution in [0, 0.1) is 11.6 Å². The molecule has 126 valence electrons. The molecule has 0 aliphatic rings. The molecule has 24 heavy (non-hydrogen) atoms. The lowest BCUT2D eigenvalue weighted by molar-refractivity contribution is -0.116. The summed E-state index contributed by atoms with van der Waals surface area (Å²) >= 11 is 0. The van der Waals surface area contributed by atoms with E-state index in [1.54, 1.807) is 0 Å². The summed E-state index contributed by atoms with van der Waals surface area (Å²) in [6.45, 7) is 0.160. The maximum Gasteiger partial charge on any atom is 0.228 e. The van der Waals surface area contributed by atoms with Crippen LogP contribution in [0.5, 0.6) is 0 Å². The second-order valence-corrected chi connectivity index (χ2v) is 5.13. The van der Waals surface area contributed by atoms with Crippen molar-refractivity contribution in [3.05, 3.63) is 59.7 Å². The van der Waals surface area contributed by atoms with Gasteiger partial charge in [-0.25, -0.2) is 8.78 Å². The maximum absolute atomic E-state index is 13.4. The molecule has 7 heteroatoms. The molecule has 0 aliphatic heterocycles. The Bertz CT molecular complexity index is 733. The number of hydrogen-bond acceptors (Lipinski definition) is 3. The lowest BCUT2D eigenvalue weighted by Gasteiger charge is -2.12. The third kappa shape index (κ3) is 5.13. The molecule has 0 saturated heterocycles. The van der Waals surface area contributed by atoms with E-state index in [9.17, 15) is 18.4 Å². The molecule has 0 aliphatic carbocycles. The van der Waals surface area contributed by atoms with E-state index in [-0.39, 0.29) is 48.4 Å². The van der Waals surface area contributed by atoms with Crippen LogP contribution in [0.3, 0.4) is 0 Å². The Balaban J connectivity index is 2.08. The highest BCUT2D eigenvalue weighted by Crippen LogP contribution is 2.23. The molecule has 4 N–H and O–H groups in total. The Hall–Kier alpha value is -2.80. The summed E-state index contributed by atoms with van der Waals surface area (Å²) in [5.74, 6) is -1.68. The molecule has 0 spiro atoms. The zero-order valence-electron chi connectivity index (χ0n) is 12.8. The van der Waals surface area contributed by atoms with Gasteiger partial charge in [0, 0.05) is 13.0 Å². The van der Waals surface area contributed by atoms with Crippen molar-refractivity contribution in [2.45, 2.75) is 12.8 Å². The number of anilines is 2. The number of nitrogens with two attached hydrogens (primary N) is 1. The molecule has 0 aromatic heterocycles. The number of rotatable bonds is 6. The van der Waals surface area contributed by atoms with Gasteiger partial charge in [-0.1, -0.05) is 12.1 Å². The number of benzene rings is 2. The van der Waals surface area contributed by atoms with Crippen LogP contribution < -0.4 is 16.4 Å². The molecular formula is C17H17F2N3O2. The number of carbonyl (C=O) groups excluding carboxylic acids is 2. The van der Waals surface area contributed by atoms with Gasteiger partial charge < -0.3 is 16.4 Å². The Labute approximate surface area is 137 Å². The molecule has 0 saturated carbocycles. The number of carbonyl (C=O) groups is 2. The fourth-order valence-electron chi connectivity index (χ4n) is 2.05. The highest BCUT2D eigenvalue weighted by molar-refractivity contribution is 6.00. The first-order valence-corrected chi connectivity index (χ1v) is 7.31. The van der Waals surface area contributed by atoms with Gasteiger partial charge in [-0.3, -0.25) is 9.59 Å². The van der Waals surface area contributed by atoms with Crippen molar-refractivity contribution in [3.63, 3.8) is 0 Å². The average Bonchev–Trinajstić information content (AvgIpc) is 2.52. The van der Waals surface area contributed by atoms with Gasteiger partial charge in [0.1, 0.15) is 11.6 Å². The quantitative estimate of drug-likeness (QED) is 0.759. The maximum atomic E-state index is 13.4. The smallest absolute Gasteiger partial charge is 0.228 e. The van der Waals surface area contributed by atoms with E-state index in [0.29, 0.717) is 5.56 Å². The molecule has 0 bridgehead atoms. The predicted octanol–water partition coefficient (Wildman–Crippen LogP) is 2.43. The van der Waals surface area contributed by atoms with Crippen LogP contribution in [0.4, 0.5) is 20.2 Å². The molecule has 5 nitrogen and oxygen atoms in total. The molecule has 2 amide bonds. The fraction of sp³-hybridized carbons (Fsp3) is 0.176. The van der Waals surface area contributed by atoms with Crippen molar-refractivity contribution < 1.29 is 18.4 Å². The Morgan fingerprint density at radius 1 is 0.875 bits per heavy atom. The van der Waals surface area contributed by atoms with Gasteiger partial charge >= 0.3 is 0 Å². The van der Waals surface area contributed by atoms with E-state index in [1.165, 1.54) is 36.4 Å². The van der Waals surface area contributed by atoms with Gasteiger partial charge in [-0.2, -0.15) is 0 Å². The molecule has 2 rings (SSSR count). The fourth-order valence-corrected chi connectivity index (χ4v) is 2.05. The summed E-state index contributed by atoms with van der Waals surface area (Å²) in [6, 6.07) is 9.18. The highest BCUT2D eigenvalue weighted by Gasteiger charge is 2.11. The molecule has 0 fully saturated rings. The van der Waals surface area contributed by atoms with Crippen LogP contribution in [0.1, 0.15) is 12.0 Å². The van der Waals surface area contributed by atoms with Gasteiger partial charge in [-0.05, 0) is 35.9 Å². The first kappa shape index (κ1) is 17.6. The number of amides is 2. The van der Waals surface area contributed by atoms with E-state index < -0.39 is 5.82 Å². The van der Waals surface area contributed by atoms with Gasteiger partial charge in [0.15, 0.2) is 0 Å². The summed E-state index contributed by atoms with van der Waals surface area (Å²) in [5.41, 5.74) is 6.35. The van der Waals surface area contributed by atoms with Gasteiger partial charge in [0.05, 0.1) is 17.8 Å². The Kier molecular flexibility index (Phi) is 5.97. The Morgan fingerprint density at radius 3 is 2.17 bits per heavy atom. The third-order valence-corrected chi connectivity index (χ3v) is 3.18. The summed E-state index contributed by atoms with van der Waals surface area (Å²) < 4.78 is 26.2. The van der Waals surface area contributed by atoms with E-state index in [1.807, 2.05) is 0 Å². The monoisotopic (exact) mass is 333 g/mol. The van der Waals surface area contributed by atoms with Crippen LogP contribution in [0.2, 0.25) is 0 Å². The zero-order chi connectivity index (χ0) is 17.5. The topological polar surface area (TPSA) is 84.2 Å². The lowest BCUT2D eigenvalue weighted by atomic mass is 10.1. The van der Waals surface area contributed by atoms with Crippen molar-refractivity contribution in [1.29, 1.82) is 0 Å². The molecule has 2 aromatic carbocycles. The number of hydrogen-bond donors (Lipinski definition) is 3. The normalized spacial score (nSPS) is 10.3. The van der Waals surface area contributed by atoms with Gasteiger partial charge in [0.2, 0.25) is 11.8 Å². The first-order valence-electron chi connectivity index (χ1n) is 7.31. The second kappa shape index (κ2) is 8.16. The third-order valence-electron chi connectivity index (χ3n) is 3.18. The summed E-state index contributed by atoms with van der Waals surface area (Å²) in [6.07, 6.45) is 0.104. The zero-order valence-corrected chi connectivity index (χ0v) is 12.8. The van der Waals surface area contributed by atoms with E-state index in [4.69, 9.17) is 5.73 Å². The minimum atomic E-state index is -0.547. The van der Waals surface area contributed by atoms with Crippen LogP contribution in [0.25, 0.3) is 0 Å². The summed E-state index contributed by atoms with van der Waals surface area (Å²) in [7, 11) is 0. The molecule has 0 radical (unpaired) electrons. The molecule has 2 aromatic rings. The first-order chi connectivity index (χ1) is 11.5. The van der Waals surface area contributed by atoms with E-state index in [0.717, 1.165) is 6.07 Å². The molecular weight excluding hydrogens is 316 g/mol. The van der Waals surface area contributed by atoms with E-state index >= 15 is 0 Å². The standard InChI is InChI=1S/C17H17F2N3O2/c18-12-3-1-11(2-4-12)9-17(24)21-14-6-5-13(19)10-15(14)22-16(23)7-8-20/h1-6,10H,7-9,20H2,(H,21,24)(H,22,23). The molecule has 0 unspecified atom stereocenters. The van der Waals surface area contributed by atoms with Crippen molar-refractivity contribution in [2.24, 2.45) is 5.73 Å². The minimum absolute atomic E-state index is 0.0217. The molecule has 0 atom stereocenters. The average molecular weight is 333 g/mol. The van der Waals surface area contributed by atoms with Crippen molar-refractivity contribution in [2.75, 3.05) is 17.2 Å². The van der Waals surface area contributed by atoms with Crippen LogP contribution in [-0.4, -0.2) is 18.4 Å². The SMILES string of the molecule is NCCC(=O)Nc1cc(F)ccc1NC(=O)Cc1ccc(F)cc1. The Morgan fingerprint density at radius 2 is 1.50 bits per heavy atom. The van der Waals surface area contributed by atoms with Crippen LogP contribution in [-0.2, 0) is 16.0 Å². The predicted molar refractivity (Wildman–Crippen MR) is 87.4 cm³/mol. The summed E-state index contributed by atoms with van der Waals surface area (Å²) in [4.78, 5) is 23.7. The molecule has 0 heterocycles. The largest absolute Gasteiger partial charge is 0.330 e. The van der Waals surface area contributed by atoms with E-state index in [2.05, 4.69) is 10.6 Å². The van der Waals surface area contributed by atoms with Crippen LogP contribution in [0.15, 0.2) is 42.5 Å². The second-order valence-electron chi connectivity index (χ2n) is 5.13. The van der Waals surface area contributed by atoms with Crippen molar-refractivity contribution >= 4 is 23.2 Å². The van der Waals surface area contributed by atoms with Gasteiger partial charge in [-0.15, -0.1) is 0 Å². The highest BCUT2D eigenvalue weighted by atomic mass is 19.1.